The quantitative estimate of drug-likeness (QED) is 0.775. The average Bonchev–Trinajstić information content (AvgIpc) is 2.75. The molecule has 1 aromatic carbocycles. The molecule has 2 aromatic rings. The minimum absolute atomic E-state index is 0.0972. The van der Waals surface area contributed by atoms with E-state index in [-0.39, 0.29) is 11.8 Å². The van der Waals surface area contributed by atoms with Gasteiger partial charge < -0.3 is 5.32 Å². The molecule has 0 radical (unpaired) electrons. The molecule has 1 amide bonds. The Morgan fingerprint density at radius 1 is 1.25 bits per heavy atom. The van der Waals surface area contributed by atoms with Crippen LogP contribution in [-0.2, 0) is 4.79 Å². The molecule has 1 atom stereocenters. The van der Waals surface area contributed by atoms with Crippen LogP contribution in [0.5, 0.6) is 0 Å². The number of fused-ring (bicyclic) bond motifs is 1. The lowest BCUT2D eigenvalue weighted by atomic mass is 10.1. The summed E-state index contributed by atoms with van der Waals surface area (Å²) in [4.78, 5) is 20.0. The first kappa shape index (κ1) is 9.27. The summed E-state index contributed by atoms with van der Waals surface area (Å²) in [6.07, 6.45) is 2.29. The zero-order valence-corrected chi connectivity index (χ0v) is 8.68. The van der Waals surface area contributed by atoms with Crippen molar-refractivity contribution < 1.29 is 4.79 Å². The number of hydrogen-bond acceptors (Lipinski definition) is 3. The summed E-state index contributed by atoms with van der Waals surface area (Å²) in [6.45, 7) is 0.672. The minimum Gasteiger partial charge on any atom is -0.355 e. The number of nitrogens with zero attached hydrogens (tertiary/aromatic N) is 2. The fraction of sp³-hybridized carbons (Fsp3) is 0.250. The van der Waals surface area contributed by atoms with Crippen LogP contribution in [0, 0.1) is 0 Å². The largest absolute Gasteiger partial charge is 0.355 e. The molecule has 80 valence electrons. The van der Waals surface area contributed by atoms with Crippen molar-refractivity contribution in [3.8, 4) is 0 Å². The third kappa shape index (κ3) is 1.52. The van der Waals surface area contributed by atoms with Gasteiger partial charge in [0.2, 0.25) is 5.91 Å². The molecule has 1 saturated heterocycles. The molecule has 0 aliphatic carbocycles. The Hall–Kier alpha value is -1.97. The first-order chi connectivity index (χ1) is 7.83. The number of amides is 1. The van der Waals surface area contributed by atoms with Crippen molar-refractivity contribution in [3.05, 3.63) is 36.2 Å². The van der Waals surface area contributed by atoms with Gasteiger partial charge in [0.05, 0.1) is 16.7 Å². The van der Waals surface area contributed by atoms with Crippen LogP contribution in [-0.4, -0.2) is 22.4 Å². The van der Waals surface area contributed by atoms with E-state index >= 15 is 0 Å². The van der Waals surface area contributed by atoms with Gasteiger partial charge in [0.15, 0.2) is 0 Å². The molecule has 0 bridgehead atoms. The van der Waals surface area contributed by atoms with Crippen molar-refractivity contribution in [1.82, 2.24) is 15.3 Å². The van der Waals surface area contributed by atoms with Gasteiger partial charge in [0, 0.05) is 25.1 Å². The van der Waals surface area contributed by atoms with Gasteiger partial charge in [-0.3, -0.25) is 9.78 Å². The predicted octanol–water partition coefficient (Wildman–Crippen LogP) is 1.23. The summed E-state index contributed by atoms with van der Waals surface area (Å²) in [5, 5.41) is 2.81. The molecule has 4 nitrogen and oxygen atoms in total. The number of benzene rings is 1. The van der Waals surface area contributed by atoms with Crippen LogP contribution >= 0.6 is 0 Å². The molecular formula is C12H11N3O. The Morgan fingerprint density at radius 2 is 2.06 bits per heavy atom. The first-order valence-electron chi connectivity index (χ1n) is 5.31. The second-order valence-corrected chi connectivity index (χ2v) is 3.99. The van der Waals surface area contributed by atoms with Crippen molar-refractivity contribution in [2.24, 2.45) is 0 Å². The molecule has 16 heavy (non-hydrogen) atoms. The van der Waals surface area contributed by atoms with E-state index in [1.165, 1.54) is 0 Å². The van der Waals surface area contributed by atoms with E-state index in [4.69, 9.17) is 0 Å². The van der Waals surface area contributed by atoms with Crippen LogP contribution in [0.4, 0.5) is 0 Å². The highest BCUT2D eigenvalue weighted by atomic mass is 16.1. The van der Waals surface area contributed by atoms with Gasteiger partial charge >= 0.3 is 0 Å². The zero-order valence-electron chi connectivity index (χ0n) is 8.68. The summed E-state index contributed by atoms with van der Waals surface area (Å²) in [5.41, 5.74) is 2.68. The van der Waals surface area contributed by atoms with Gasteiger partial charge in [-0.25, -0.2) is 4.98 Å². The summed E-state index contributed by atoms with van der Waals surface area (Å²) in [7, 11) is 0. The van der Waals surface area contributed by atoms with Gasteiger partial charge in [-0.05, 0) is 12.1 Å². The molecule has 0 saturated carbocycles. The molecule has 4 heteroatoms. The second kappa shape index (κ2) is 3.56. The second-order valence-electron chi connectivity index (χ2n) is 3.99. The smallest absolute Gasteiger partial charge is 0.220 e. The summed E-state index contributed by atoms with van der Waals surface area (Å²) < 4.78 is 0. The Balaban J connectivity index is 2.02. The first-order valence-corrected chi connectivity index (χ1v) is 5.31. The third-order valence-corrected chi connectivity index (χ3v) is 2.86. The van der Waals surface area contributed by atoms with Crippen molar-refractivity contribution in [3.63, 3.8) is 0 Å². The van der Waals surface area contributed by atoms with Crippen LogP contribution in [0.25, 0.3) is 11.0 Å². The zero-order chi connectivity index (χ0) is 11.0. The lowest BCUT2D eigenvalue weighted by Crippen LogP contribution is -2.13. The SMILES string of the molecule is O=C1CC(c2cnc3ccccc3n2)CN1. The molecule has 1 unspecified atom stereocenters. The highest BCUT2D eigenvalue weighted by molar-refractivity contribution is 5.79. The lowest BCUT2D eigenvalue weighted by molar-refractivity contribution is -0.119. The third-order valence-electron chi connectivity index (χ3n) is 2.86. The lowest BCUT2D eigenvalue weighted by Gasteiger charge is -2.06. The van der Waals surface area contributed by atoms with Crippen LogP contribution in [0.1, 0.15) is 18.0 Å². The van der Waals surface area contributed by atoms with E-state index in [0.29, 0.717) is 13.0 Å². The van der Waals surface area contributed by atoms with E-state index in [9.17, 15) is 4.79 Å². The van der Waals surface area contributed by atoms with Gasteiger partial charge in [-0.15, -0.1) is 0 Å². The molecular weight excluding hydrogens is 202 g/mol. The van der Waals surface area contributed by atoms with E-state index in [1.54, 1.807) is 6.20 Å². The van der Waals surface area contributed by atoms with Gasteiger partial charge in [-0.1, -0.05) is 12.1 Å². The molecule has 1 fully saturated rings. The monoisotopic (exact) mass is 213 g/mol. The number of rotatable bonds is 1. The summed E-state index contributed by atoms with van der Waals surface area (Å²) in [6, 6.07) is 7.76. The van der Waals surface area contributed by atoms with Gasteiger partial charge in [0.1, 0.15) is 0 Å². The highest BCUT2D eigenvalue weighted by Gasteiger charge is 2.24. The van der Waals surface area contributed by atoms with Crippen molar-refractivity contribution in [2.75, 3.05) is 6.54 Å². The Bertz CT molecular complexity index is 553. The fourth-order valence-corrected chi connectivity index (χ4v) is 1.98. The number of aromatic nitrogens is 2. The number of nitrogens with one attached hydrogen (secondary N) is 1. The Labute approximate surface area is 92.7 Å². The normalized spacial score (nSPS) is 20.0. The van der Waals surface area contributed by atoms with Gasteiger partial charge in [0.25, 0.3) is 0 Å². The molecule has 1 N–H and O–H groups in total. The Morgan fingerprint density at radius 3 is 2.81 bits per heavy atom. The summed E-state index contributed by atoms with van der Waals surface area (Å²) >= 11 is 0. The molecule has 1 aliphatic rings. The van der Waals surface area contributed by atoms with Crippen molar-refractivity contribution in [1.29, 1.82) is 0 Å². The maximum absolute atomic E-state index is 11.1. The van der Waals surface area contributed by atoms with Crippen LogP contribution < -0.4 is 5.32 Å². The minimum atomic E-state index is 0.0972. The molecule has 1 aliphatic heterocycles. The van der Waals surface area contributed by atoms with Crippen molar-refractivity contribution in [2.45, 2.75) is 12.3 Å². The molecule has 3 rings (SSSR count). The molecule has 2 heterocycles. The highest BCUT2D eigenvalue weighted by Crippen LogP contribution is 2.22. The fourth-order valence-electron chi connectivity index (χ4n) is 1.98. The number of hydrogen-bond donors (Lipinski definition) is 1. The van der Waals surface area contributed by atoms with Crippen molar-refractivity contribution >= 4 is 16.9 Å². The van der Waals surface area contributed by atoms with Gasteiger partial charge in [-0.2, -0.15) is 0 Å². The average molecular weight is 213 g/mol. The standard InChI is InChI=1S/C12H11N3O/c16-12-5-8(6-14-12)11-7-13-9-3-1-2-4-10(9)15-11/h1-4,7-8H,5-6H2,(H,14,16). The topological polar surface area (TPSA) is 54.9 Å². The number of carbonyl (C=O) groups is 1. The maximum atomic E-state index is 11.1. The molecule has 0 spiro atoms. The van der Waals surface area contributed by atoms with E-state index in [2.05, 4.69) is 15.3 Å². The molecule has 1 aromatic heterocycles. The van der Waals surface area contributed by atoms with E-state index in [0.717, 1.165) is 16.7 Å². The number of carbonyl (C=O) groups excluding carboxylic acids is 1. The Kier molecular flexibility index (Phi) is 2.06. The predicted molar refractivity (Wildman–Crippen MR) is 59.9 cm³/mol. The van der Waals surface area contributed by atoms with E-state index < -0.39 is 0 Å². The van der Waals surface area contributed by atoms with E-state index in [1.807, 2.05) is 24.3 Å². The van der Waals surface area contributed by atoms with Crippen LogP contribution in [0.3, 0.4) is 0 Å². The van der Waals surface area contributed by atoms with Crippen LogP contribution in [0.15, 0.2) is 30.5 Å². The van der Waals surface area contributed by atoms with Crippen LogP contribution in [0.2, 0.25) is 0 Å². The number of para-hydroxylation sites is 2. The summed E-state index contributed by atoms with van der Waals surface area (Å²) in [5.74, 6) is 0.268. The maximum Gasteiger partial charge on any atom is 0.220 e.